The van der Waals surface area contributed by atoms with Crippen LogP contribution in [0.2, 0.25) is 5.02 Å². The first-order chi connectivity index (χ1) is 7.25. The smallest absolute Gasteiger partial charge is 0.124 e. The zero-order chi connectivity index (χ0) is 10.7. The van der Waals surface area contributed by atoms with Crippen LogP contribution < -0.4 is 10.6 Å². The van der Waals surface area contributed by atoms with Crippen molar-refractivity contribution in [1.29, 1.82) is 0 Å². The van der Waals surface area contributed by atoms with E-state index in [0.717, 1.165) is 31.6 Å². The molecule has 0 aromatic heterocycles. The highest BCUT2D eigenvalue weighted by Crippen LogP contribution is 2.24. The molecule has 1 unspecified atom stereocenters. The van der Waals surface area contributed by atoms with Crippen LogP contribution in [0.25, 0.3) is 0 Å². The summed E-state index contributed by atoms with van der Waals surface area (Å²) < 4.78 is 12.8. The molecule has 1 aliphatic heterocycles. The van der Waals surface area contributed by atoms with E-state index in [-0.39, 0.29) is 5.82 Å². The molecule has 1 heterocycles. The normalized spacial score (nSPS) is 21.3. The fraction of sp³-hybridized carbons (Fsp3) is 0.455. The Morgan fingerprint density at radius 3 is 3.00 bits per heavy atom. The second-order valence-electron chi connectivity index (χ2n) is 3.81. The molecular formula is C11H14ClFN2. The average Bonchev–Trinajstić information content (AvgIpc) is 2.24. The lowest BCUT2D eigenvalue weighted by molar-refractivity contribution is 0.480. The van der Waals surface area contributed by atoms with Crippen LogP contribution >= 0.6 is 11.6 Å². The number of piperidine rings is 1. The molecule has 2 rings (SSSR count). The fourth-order valence-corrected chi connectivity index (χ4v) is 2.02. The Morgan fingerprint density at radius 1 is 1.47 bits per heavy atom. The lowest BCUT2D eigenvalue weighted by Crippen LogP contribution is -2.38. The molecule has 0 saturated carbocycles. The minimum atomic E-state index is -0.299. The van der Waals surface area contributed by atoms with E-state index < -0.39 is 0 Å². The second-order valence-corrected chi connectivity index (χ2v) is 4.22. The summed E-state index contributed by atoms with van der Waals surface area (Å²) in [7, 11) is 0. The Kier molecular flexibility index (Phi) is 3.44. The van der Waals surface area contributed by atoms with Crippen molar-refractivity contribution < 1.29 is 4.39 Å². The second kappa shape index (κ2) is 4.81. The van der Waals surface area contributed by atoms with Gasteiger partial charge >= 0.3 is 0 Å². The van der Waals surface area contributed by atoms with E-state index in [2.05, 4.69) is 10.6 Å². The molecule has 0 aliphatic carbocycles. The molecule has 2 N–H and O–H groups in total. The largest absolute Gasteiger partial charge is 0.380 e. The van der Waals surface area contributed by atoms with Crippen LogP contribution in [0.3, 0.4) is 0 Å². The quantitative estimate of drug-likeness (QED) is 0.813. The molecule has 1 fully saturated rings. The summed E-state index contributed by atoms with van der Waals surface area (Å²) in [5, 5.41) is 7.07. The molecule has 0 spiro atoms. The average molecular weight is 229 g/mol. The summed E-state index contributed by atoms with van der Waals surface area (Å²) in [4.78, 5) is 0. The molecule has 2 nitrogen and oxygen atoms in total. The van der Waals surface area contributed by atoms with Crippen LogP contribution in [0.1, 0.15) is 12.8 Å². The maximum atomic E-state index is 12.8. The third-order valence-electron chi connectivity index (χ3n) is 2.59. The number of anilines is 1. The first-order valence-electron chi connectivity index (χ1n) is 5.18. The van der Waals surface area contributed by atoms with E-state index in [1.807, 2.05) is 0 Å². The van der Waals surface area contributed by atoms with Crippen LogP contribution in [0.5, 0.6) is 0 Å². The lowest BCUT2D eigenvalue weighted by Gasteiger charge is -2.25. The Bertz CT molecular complexity index is 337. The summed E-state index contributed by atoms with van der Waals surface area (Å²) in [6.45, 7) is 2.02. The number of hydrogen-bond acceptors (Lipinski definition) is 2. The predicted octanol–water partition coefficient (Wildman–Crippen LogP) is 2.64. The Morgan fingerprint density at radius 2 is 2.33 bits per heavy atom. The molecule has 0 radical (unpaired) electrons. The number of rotatable bonds is 2. The van der Waals surface area contributed by atoms with Crippen LogP contribution in [-0.2, 0) is 0 Å². The highest BCUT2D eigenvalue weighted by Gasteiger charge is 2.13. The van der Waals surface area contributed by atoms with Gasteiger partial charge in [-0.1, -0.05) is 11.6 Å². The predicted molar refractivity (Wildman–Crippen MR) is 60.9 cm³/mol. The third-order valence-corrected chi connectivity index (χ3v) is 2.90. The topological polar surface area (TPSA) is 24.1 Å². The van der Waals surface area contributed by atoms with Gasteiger partial charge in [0.1, 0.15) is 5.82 Å². The maximum absolute atomic E-state index is 12.8. The lowest BCUT2D eigenvalue weighted by atomic mass is 10.1. The highest BCUT2D eigenvalue weighted by atomic mass is 35.5. The van der Waals surface area contributed by atoms with Crippen molar-refractivity contribution in [2.75, 3.05) is 18.4 Å². The van der Waals surface area contributed by atoms with Crippen LogP contribution in [-0.4, -0.2) is 19.1 Å². The maximum Gasteiger partial charge on any atom is 0.124 e. The van der Waals surface area contributed by atoms with Crippen molar-refractivity contribution in [3.05, 3.63) is 29.0 Å². The minimum absolute atomic E-state index is 0.299. The number of hydrogen-bond donors (Lipinski definition) is 2. The first-order valence-corrected chi connectivity index (χ1v) is 5.56. The Labute approximate surface area is 93.8 Å². The first kappa shape index (κ1) is 10.7. The number of nitrogens with one attached hydrogen (secondary N) is 2. The molecule has 4 heteroatoms. The van der Waals surface area contributed by atoms with Gasteiger partial charge in [0.25, 0.3) is 0 Å². The monoisotopic (exact) mass is 228 g/mol. The van der Waals surface area contributed by atoms with E-state index in [1.165, 1.54) is 12.1 Å². The van der Waals surface area contributed by atoms with Crippen LogP contribution in [0.15, 0.2) is 18.2 Å². The van der Waals surface area contributed by atoms with Crippen molar-refractivity contribution >= 4 is 17.3 Å². The molecule has 1 aromatic rings. The molecule has 82 valence electrons. The zero-order valence-corrected chi connectivity index (χ0v) is 9.15. The van der Waals surface area contributed by atoms with Crippen LogP contribution in [0, 0.1) is 5.82 Å². The Hall–Kier alpha value is -0.800. The molecule has 1 atom stereocenters. The summed E-state index contributed by atoms with van der Waals surface area (Å²) in [5.41, 5.74) is 0.812. The van der Waals surface area contributed by atoms with Gasteiger partial charge < -0.3 is 10.6 Å². The van der Waals surface area contributed by atoms with Gasteiger partial charge in [-0.3, -0.25) is 0 Å². The van der Waals surface area contributed by atoms with E-state index in [1.54, 1.807) is 6.07 Å². The third kappa shape index (κ3) is 2.83. The summed E-state index contributed by atoms with van der Waals surface area (Å²) >= 11 is 5.93. The van der Waals surface area contributed by atoms with E-state index >= 15 is 0 Å². The van der Waals surface area contributed by atoms with E-state index in [4.69, 9.17) is 11.6 Å². The standard InChI is InChI=1S/C11H14ClFN2/c12-10-6-8(13)3-4-11(10)15-9-2-1-5-14-7-9/h3-4,6,9,14-15H,1-2,5,7H2. The fourth-order valence-electron chi connectivity index (χ4n) is 1.80. The van der Waals surface area contributed by atoms with Gasteiger partial charge in [-0.2, -0.15) is 0 Å². The molecule has 0 bridgehead atoms. The number of benzene rings is 1. The van der Waals surface area contributed by atoms with Crippen molar-refractivity contribution in [3.63, 3.8) is 0 Å². The molecular weight excluding hydrogens is 215 g/mol. The van der Waals surface area contributed by atoms with Gasteiger partial charge in [-0.25, -0.2) is 4.39 Å². The molecule has 1 aromatic carbocycles. The van der Waals surface area contributed by atoms with Crippen molar-refractivity contribution in [1.82, 2.24) is 5.32 Å². The Balaban J connectivity index is 2.03. The van der Waals surface area contributed by atoms with E-state index in [9.17, 15) is 4.39 Å². The zero-order valence-electron chi connectivity index (χ0n) is 8.39. The van der Waals surface area contributed by atoms with Gasteiger partial charge in [0, 0.05) is 12.6 Å². The number of halogens is 2. The molecule has 1 saturated heterocycles. The summed E-state index contributed by atoms with van der Waals surface area (Å²) in [6, 6.07) is 4.83. The molecule has 15 heavy (non-hydrogen) atoms. The van der Waals surface area contributed by atoms with E-state index in [0.29, 0.717) is 11.1 Å². The van der Waals surface area contributed by atoms with Gasteiger partial charge in [0.05, 0.1) is 10.7 Å². The summed E-state index contributed by atoms with van der Waals surface area (Å²) in [6.07, 6.45) is 2.29. The van der Waals surface area contributed by atoms with Gasteiger partial charge in [0.15, 0.2) is 0 Å². The molecule has 1 aliphatic rings. The van der Waals surface area contributed by atoms with Gasteiger partial charge in [0.2, 0.25) is 0 Å². The SMILES string of the molecule is Fc1ccc(NC2CCCNC2)c(Cl)c1. The molecule has 0 amide bonds. The van der Waals surface area contributed by atoms with Crippen LogP contribution in [0.4, 0.5) is 10.1 Å². The minimum Gasteiger partial charge on any atom is -0.380 e. The van der Waals surface area contributed by atoms with Crippen molar-refractivity contribution in [3.8, 4) is 0 Å². The van der Waals surface area contributed by atoms with Gasteiger partial charge in [-0.05, 0) is 37.6 Å². The van der Waals surface area contributed by atoms with Crippen molar-refractivity contribution in [2.45, 2.75) is 18.9 Å². The highest BCUT2D eigenvalue weighted by molar-refractivity contribution is 6.33. The van der Waals surface area contributed by atoms with Gasteiger partial charge in [-0.15, -0.1) is 0 Å². The summed E-state index contributed by atoms with van der Waals surface area (Å²) in [5.74, 6) is -0.299. The van der Waals surface area contributed by atoms with Crippen molar-refractivity contribution in [2.24, 2.45) is 0 Å².